The Morgan fingerprint density at radius 3 is 1.41 bits per heavy atom. The summed E-state index contributed by atoms with van der Waals surface area (Å²) in [5.74, 6) is 0. The zero-order valence-corrected chi connectivity index (χ0v) is 30.4. The Kier molecular flexibility index (Phi) is 8.09. The van der Waals surface area contributed by atoms with E-state index < -0.39 is 0 Å². The second-order valence-corrected chi connectivity index (χ2v) is 14.8. The highest BCUT2D eigenvalue weighted by Crippen LogP contribution is 2.43. The maximum Gasteiger partial charge on any atom is 0.0462 e. The second kappa shape index (κ2) is 13.7. The van der Waals surface area contributed by atoms with Crippen LogP contribution in [0, 0.1) is 0 Å². The van der Waals surface area contributed by atoms with E-state index in [-0.39, 0.29) is 0 Å². The van der Waals surface area contributed by atoms with E-state index in [0.717, 1.165) is 17.1 Å². The molecule has 54 heavy (non-hydrogen) atoms. The molecule has 0 N–H and O–H groups in total. The molecule has 10 aromatic rings. The van der Waals surface area contributed by atoms with E-state index in [1.54, 1.807) is 0 Å². The Hall–Kier alpha value is -6.74. The minimum absolute atomic E-state index is 1.10. The molecule has 254 valence electrons. The highest BCUT2D eigenvalue weighted by molar-refractivity contribution is 7.25. The molecule has 0 saturated heterocycles. The number of anilines is 3. The Morgan fingerprint density at radius 2 is 0.741 bits per heavy atom. The monoisotopic (exact) mass is 705 g/mol. The Balaban J connectivity index is 1.08. The van der Waals surface area contributed by atoms with Crippen molar-refractivity contribution in [3.63, 3.8) is 0 Å². The van der Waals surface area contributed by atoms with Gasteiger partial charge in [0.25, 0.3) is 0 Å². The van der Waals surface area contributed by atoms with Gasteiger partial charge < -0.3 is 4.90 Å². The summed E-state index contributed by atoms with van der Waals surface area (Å²) in [5, 5.41) is 5.14. The SMILES string of the molecule is c1ccc(-c2ccc(N(c3ccc(-c4cc5sc6ccccc6c5cc4-c4ccccc4)cc3)c3ccc(-c4cccc5ccccc45)cc3)cc2)cc1. The summed E-state index contributed by atoms with van der Waals surface area (Å²) in [5.41, 5.74) is 13.1. The van der Waals surface area contributed by atoms with E-state index in [4.69, 9.17) is 0 Å². The lowest BCUT2D eigenvalue weighted by atomic mass is 9.92. The third kappa shape index (κ3) is 5.84. The molecule has 9 aromatic carbocycles. The minimum atomic E-state index is 1.10. The van der Waals surface area contributed by atoms with Gasteiger partial charge in [0.1, 0.15) is 0 Å². The normalized spacial score (nSPS) is 11.3. The first-order chi connectivity index (χ1) is 26.8. The molecule has 10 rings (SSSR count). The second-order valence-electron chi connectivity index (χ2n) is 13.7. The third-order valence-electron chi connectivity index (χ3n) is 10.5. The van der Waals surface area contributed by atoms with Crippen LogP contribution in [0.3, 0.4) is 0 Å². The van der Waals surface area contributed by atoms with E-state index in [1.165, 1.54) is 75.5 Å². The van der Waals surface area contributed by atoms with Gasteiger partial charge >= 0.3 is 0 Å². The van der Waals surface area contributed by atoms with Crippen LogP contribution >= 0.6 is 11.3 Å². The molecule has 0 aliphatic carbocycles. The maximum atomic E-state index is 2.39. The topological polar surface area (TPSA) is 3.24 Å². The van der Waals surface area contributed by atoms with Crippen LogP contribution in [0.25, 0.3) is 75.5 Å². The fourth-order valence-electron chi connectivity index (χ4n) is 7.80. The molecular formula is C52H35NS. The average Bonchev–Trinajstić information content (AvgIpc) is 3.62. The molecule has 1 nitrogen and oxygen atoms in total. The average molecular weight is 706 g/mol. The largest absolute Gasteiger partial charge is 0.311 e. The van der Waals surface area contributed by atoms with Gasteiger partial charge in [-0.3, -0.25) is 0 Å². The molecule has 0 aliphatic heterocycles. The molecule has 0 saturated carbocycles. The zero-order valence-electron chi connectivity index (χ0n) is 29.6. The molecule has 0 radical (unpaired) electrons. The summed E-state index contributed by atoms with van der Waals surface area (Å²) in [7, 11) is 0. The lowest BCUT2D eigenvalue weighted by molar-refractivity contribution is 1.28. The van der Waals surface area contributed by atoms with Crippen molar-refractivity contribution in [3.05, 3.63) is 212 Å². The van der Waals surface area contributed by atoms with Gasteiger partial charge in [-0.2, -0.15) is 0 Å². The van der Waals surface area contributed by atoms with E-state index in [0.29, 0.717) is 0 Å². The standard InChI is InChI=1S/C52H35NS/c1-3-12-36(13-4-1)37-22-28-42(29-23-37)53(43-30-24-40(25-31-43)46-20-11-17-38-16-7-8-18-45(38)46)44-32-26-41(27-33-44)49-35-52-50(47-19-9-10-21-51(47)54-52)34-48(49)39-14-5-2-6-15-39/h1-35H. The number of fused-ring (bicyclic) bond motifs is 4. The lowest BCUT2D eigenvalue weighted by Gasteiger charge is -2.26. The predicted molar refractivity (Wildman–Crippen MR) is 233 cm³/mol. The van der Waals surface area contributed by atoms with E-state index in [1.807, 2.05) is 11.3 Å². The Bertz CT molecular complexity index is 2880. The van der Waals surface area contributed by atoms with Crippen LogP contribution < -0.4 is 4.90 Å². The van der Waals surface area contributed by atoms with Crippen molar-refractivity contribution in [2.45, 2.75) is 0 Å². The van der Waals surface area contributed by atoms with Gasteiger partial charge in [-0.1, -0.05) is 158 Å². The van der Waals surface area contributed by atoms with Crippen molar-refractivity contribution >= 4 is 59.3 Å². The number of thiophene rings is 1. The summed E-state index contributed by atoms with van der Waals surface area (Å²) in [6.07, 6.45) is 0. The van der Waals surface area contributed by atoms with E-state index in [2.05, 4.69) is 217 Å². The number of rotatable bonds is 7. The van der Waals surface area contributed by atoms with Crippen molar-refractivity contribution in [3.8, 4) is 44.5 Å². The molecule has 0 aliphatic rings. The van der Waals surface area contributed by atoms with E-state index in [9.17, 15) is 0 Å². The molecule has 0 fully saturated rings. The molecule has 0 spiro atoms. The van der Waals surface area contributed by atoms with Crippen LogP contribution in [0.4, 0.5) is 17.1 Å². The first kappa shape index (κ1) is 32.0. The number of benzene rings is 9. The van der Waals surface area contributed by atoms with Gasteiger partial charge in [-0.05, 0) is 110 Å². The van der Waals surface area contributed by atoms with E-state index >= 15 is 0 Å². The maximum absolute atomic E-state index is 2.39. The molecule has 1 aromatic heterocycles. The van der Waals surface area contributed by atoms with Crippen molar-refractivity contribution in [2.24, 2.45) is 0 Å². The number of hydrogen-bond acceptors (Lipinski definition) is 2. The first-order valence-corrected chi connectivity index (χ1v) is 19.2. The molecule has 0 bridgehead atoms. The highest BCUT2D eigenvalue weighted by atomic mass is 32.1. The number of nitrogens with zero attached hydrogens (tertiary/aromatic N) is 1. The molecule has 2 heteroatoms. The fraction of sp³-hybridized carbons (Fsp3) is 0. The van der Waals surface area contributed by atoms with Gasteiger partial charge in [0.15, 0.2) is 0 Å². The summed E-state index contributed by atoms with van der Waals surface area (Å²) in [6.45, 7) is 0. The lowest BCUT2D eigenvalue weighted by Crippen LogP contribution is -2.09. The van der Waals surface area contributed by atoms with Crippen molar-refractivity contribution in [2.75, 3.05) is 4.90 Å². The van der Waals surface area contributed by atoms with Crippen LogP contribution in [0.5, 0.6) is 0 Å². The zero-order chi connectivity index (χ0) is 35.8. The van der Waals surface area contributed by atoms with Crippen LogP contribution in [0.2, 0.25) is 0 Å². The Labute approximate surface area is 319 Å². The number of hydrogen-bond donors (Lipinski definition) is 0. The summed E-state index contributed by atoms with van der Waals surface area (Å²) >= 11 is 1.87. The van der Waals surface area contributed by atoms with Gasteiger partial charge in [-0.15, -0.1) is 11.3 Å². The van der Waals surface area contributed by atoms with Crippen LogP contribution in [0.15, 0.2) is 212 Å². The minimum Gasteiger partial charge on any atom is -0.311 e. The van der Waals surface area contributed by atoms with Gasteiger partial charge in [0, 0.05) is 37.2 Å². The van der Waals surface area contributed by atoms with Crippen molar-refractivity contribution < 1.29 is 0 Å². The third-order valence-corrected chi connectivity index (χ3v) is 11.6. The molecule has 1 heterocycles. The Morgan fingerprint density at radius 1 is 0.278 bits per heavy atom. The highest BCUT2D eigenvalue weighted by Gasteiger charge is 2.17. The smallest absolute Gasteiger partial charge is 0.0462 e. The molecule has 0 amide bonds. The van der Waals surface area contributed by atoms with Crippen LogP contribution in [-0.4, -0.2) is 0 Å². The van der Waals surface area contributed by atoms with Gasteiger partial charge in [-0.25, -0.2) is 0 Å². The van der Waals surface area contributed by atoms with Crippen LogP contribution in [-0.2, 0) is 0 Å². The first-order valence-electron chi connectivity index (χ1n) is 18.4. The van der Waals surface area contributed by atoms with Gasteiger partial charge in [0.05, 0.1) is 0 Å². The molecular weight excluding hydrogens is 671 g/mol. The van der Waals surface area contributed by atoms with Crippen LogP contribution in [0.1, 0.15) is 0 Å². The molecule has 0 atom stereocenters. The fourth-order valence-corrected chi connectivity index (χ4v) is 8.93. The molecule has 0 unspecified atom stereocenters. The summed E-state index contributed by atoms with van der Waals surface area (Å²) < 4.78 is 2.63. The predicted octanol–water partition coefficient (Wildman–Crippen LogP) is 15.3. The summed E-state index contributed by atoms with van der Waals surface area (Å²) in [6, 6.07) is 77.1. The quantitative estimate of drug-likeness (QED) is 0.160. The van der Waals surface area contributed by atoms with Gasteiger partial charge in [0.2, 0.25) is 0 Å². The van der Waals surface area contributed by atoms with Crippen molar-refractivity contribution in [1.29, 1.82) is 0 Å². The van der Waals surface area contributed by atoms with Crippen molar-refractivity contribution in [1.82, 2.24) is 0 Å². The summed E-state index contributed by atoms with van der Waals surface area (Å²) in [4.78, 5) is 2.36.